The summed E-state index contributed by atoms with van der Waals surface area (Å²) in [6.07, 6.45) is 3.12. The van der Waals surface area contributed by atoms with Crippen LogP contribution in [0.1, 0.15) is 22.6 Å². The lowest BCUT2D eigenvalue weighted by Gasteiger charge is -2.08. The topological polar surface area (TPSA) is 40.5 Å². The maximum absolute atomic E-state index is 9.44. The third kappa shape index (κ3) is 1.86. The van der Waals surface area contributed by atoms with Crippen LogP contribution in [0.3, 0.4) is 0 Å². The predicted octanol–water partition coefficient (Wildman–Crippen LogP) is 2.99. The first-order valence-electron chi connectivity index (χ1n) is 5.68. The van der Waals surface area contributed by atoms with Crippen molar-refractivity contribution in [2.24, 2.45) is 0 Å². The predicted molar refractivity (Wildman–Crippen MR) is 66.1 cm³/mol. The Kier molecular flexibility index (Phi) is 2.29. The summed E-state index contributed by atoms with van der Waals surface area (Å²) >= 11 is 0. The van der Waals surface area contributed by atoms with E-state index in [1.165, 1.54) is 16.7 Å². The molecule has 85 valence electrons. The van der Waals surface area contributed by atoms with E-state index < -0.39 is 0 Å². The van der Waals surface area contributed by atoms with Crippen molar-refractivity contribution in [2.45, 2.75) is 12.3 Å². The van der Waals surface area contributed by atoms with Gasteiger partial charge in [-0.1, -0.05) is 18.2 Å². The van der Waals surface area contributed by atoms with Crippen LogP contribution in [-0.4, -0.2) is 10.2 Å². The first kappa shape index (κ1) is 10.2. The van der Waals surface area contributed by atoms with Gasteiger partial charge in [0.25, 0.3) is 0 Å². The fraction of sp³-hybridized carbons (Fsp3) is 0.133. The zero-order valence-electron chi connectivity index (χ0n) is 9.30. The van der Waals surface area contributed by atoms with Crippen LogP contribution < -0.4 is 0 Å². The third-order valence-corrected chi connectivity index (χ3v) is 3.27. The average molecular weight is 225 g/mol. The molecule has 0 spiro atoms. The molecule has 17 heavy (non-hydrogen) atoms. The molecule has 0 aromatic heterocycles. The van der Waals surface area contributed by atoms with Gasteiger partial charge in [-0.3, -0.25) is 0 Å². The quantitative estimate of drug-likeness (QED) is 0.783. The molecule has 0 saturated heterocycles. The number of aromatic hydroxyl groups is 2. The lowest BCUT2D eigenvalue weighted by atomic mass is 9.96. The number of rotatable bonds is 1. The monoisotopic (exact) mass is 225 g/mol. The maximum Gasteiger partial charge on any atom is 0.115 e. The van der Waals surface area contributed by atoms with Crippen molar-refractivity contribution in [2.75, 3.05) is 0 Å². The van der Waals surface area contributed by atoms with Gasteiger partial charge in [-0.15, -0.1) is 0 Å². The zero-order chi connectivity index (χ0) is 11.8. The van der Waals surface area contributed by atoms with Gasteiger partial charge in [0.05, 0.1) is 0 Å². The summed E-state index contributed by atoms with van der Waals surface area (Å²) in [5, 5.41) is 18.7. The minimum absolute atomic E-state index is 0.293. The van der Waals surface area contributed by atoms with E-state index in [2.05, 4.69) is 6.42 Å². The van der Waals surface area contributed by atoms with Crippen LogP contribution in [-0.2, 0) is 6.42 Å². The number of benzene rings is 2. The second kappa shape index (κ2) is 3.81. The van der Waals surface area contributed by atoms with Crippen LogP contribution in [0.4, 0.5) is 0 Å². The Morgan fingerprint density at radius 3 is 2.35 bits per heavy atom. The number of phenols is 2. The van der Waals surface area contributed by atoms with Crippen LogP contribution >= 0.6 is 0 Å². The van der Waals surface area contributed by atoms with Crippen LogP contribution in [0.5, 0.6) is 11.5 Å². The van der Waals surface area contributed by atoms with Crippen molar-refractivity contribution in [1.82, 2.24) is 0 Å². The van der Waals surface area contributed by atoms with Crippen molar-refractivity contribution in [3.8, 4) is 11.5 Å². The molecular formula is C15H13O2. The van der Waals surface area contributed by atoms with Crippen molar-refractivity contribution >= 4 is 0 Å². The Bertz CT molecular complexity index is 543. The zero-order valence-corrected chi connectivity index (χ0v) is 9.30. The number of fused-ring (bicyclic) bond motifs is 1. The molecule has 1 radical (unpaired) electrons. The molecule has 2 nitrogen and oxygen atoms in total. The Balaban J connectivity index is 1.88. The summed E-state index contributed by atoms with van der Waals surface area (Å²) in [6.45, 7) is 0. The van der Waals surface area contributed by atoms with Crippen LogP contribution in [0, 0.1) is 6.42 Å². The number of hydrogen-bond donors (Lipinski definition) is 2. The minimum Gasteiger partial charge on any atom is -0.508 e. The van der Waals surface area contributed by atoms with Gasteiger partial charge in [0.1, 0.15) is 11.5 Å². The maximum atomic E-state index is 9.44. The second-order valence-electron chi connectivity index (χ2n) is 4.45. The van der Waals surface area contributed by atoms with Crippen LogP contribution in [0.25, 0.3) is 0 Å². The molecule has 1 atom stereocenters. The standard InChI is InChI=1S/C15H13O2/c16-14-4-1-10(2-5-14)12-7-11-3-6-15(17)9-13(11)8-12/h1-7,9,12,16-17H,8H2. The van der Waals surface area contributed by atoms with Crippen molar-refractivity contribution in [1.29, 1.82) is 0 Å². The Hall–Kier alpha value is -1.96. The van der Waals surface area contributed by atoms with E-state index in [9.17, 15) is 10.2 Å². The largest absolute Gasteiger partial charge is 0.508 e. The van der Waals surface area contributed by atoms with E-state index in [1.807, 2.05) is 24.3 Å². The van der Waals surface area contributed by atoms with Crippen molar-refractivity contribution in [3.63, 3.8) is 0 Å². The smallest absolute Gasteiger partial charge is 0.115 e. The summed E-state index contributed by atoms with van der Waals surface area (Å²) in [6, 6.07) is 12.8. The summed E-state index contributed by atoms with van der Waals surface area (Å²) in [5.74, 6) is 0.956. The fourth-order valence-electron chi connectivity index (χ4n) is 2.38. The third-order valence-electron chi connectivity index (χ3n) is 3.27. The first-order chi connectivity index (χ1) is 8.22. The molecule has 0 aliphatic heterocycles. The highest BCUT2D eigenvalue weighted by molar-refractivity contribution is 5.48. The van der Waals surface area contributed by atoms with Crippen LogP contribution in [0.2, 0.25) is 0 Å². The SMILES string of the molecule is Oc1ccc(C2[CH]c3ccc(O)cc3C2)cc1. The molecule has 1 aliphatic rings. The van der Waals surface area contributed by atoms with Gasteiger partial charge in [-0.25, -0.2) is 0 Å². The molecular weight excluding hydrogens is 212 g/mol. The highest BCUT2D eigenvalue weighted by Gasteiger charge is 2.23. The molecule has 2 N–H and O–H groups in total. The summed E-state index contributed by atoms with van der Waals surface area (Å²) in [5.41, 5.74) is 3.57. The molecule has 3 rings (SSSR count). The second-order valence-corrected chi connectivity index (χ2v) is 4.45. The number of phenolic OH excluding ortho intramolecular Hbond substituents is 2. The fourth-order valence-corrected chi connectivity index (χ4v) is 2.38. The van der Waals surface area contributed by atoms with Gasteiger partial charge < -0.3 is 10.2 Å². The van der Waals surface area contributed by atoms with Gasteiger partial charge in [-0.2, -0.15) is 0 Å². The highest BCUT2D eigenvalue weighted by Crippen LogP contribution is 2.37. The molecule has 0 saturated carbocycles. The van der Waals surface area contributed by atoms with E-state index in [0.717, 1.165) is 6.42 Å². The molecule has 2 aromatic carbocycles. The minimum atomic E-state index is 0.293. The lowest BCUT2D eigenvalue weighted by molar-refractivity contribution is 0.474. The average Bonchev–Trinajstić information content (AvgIpc) is 2.72. The van der Waals surface area contributed by atoms with E-state index >= 15 is 0 Å². The normalized spacial score (nSPS) is 18.0. The Morgan fingerprint density at radius 1 is 0.882 bits per heavy atom. The molecule has 2 heteroatoms. The Morgan fingerprint density at radius 2 is 1.59 bits per heavy atom. The molecule has 0 bridgehead atoms. The summed E-state index contributed by atoms with van der Waals surface area (Å²) < 4.78 is 0. The molecule has 1 aliphatic carbocycles. The van der Waals surface area contributed by atoms with Gasteiger partial charge in [0, 0.05) is 0 Å². The summed E-state index contributed by atoms with van der Waals surface area (Å²) in [7, 11) is 0. The highest BCUT2D eigenvalue weighted by atomic mass is 16.3. The van der Waals surface area contributed by atoms with Gasteiger partial charge in [0.2, 0.25) is 0 Å². The van der Waals surface area contributed by atoms with Crippen molar-refractivity contribution < 1.29 is 10.2 Å². The first-order valence-corrected chi connectivity index (χ1v) is 5.68. The molecule has 2 aromatic rings. The van der Waals surface area contributed by atoms with E-state index in [0.29, 0.717) is 17.4 Å². The van der Waals surface area contributed by atoms with Crippen LogP contribution in [0.15, 0.2) is 42.5 Å². The molecule has 1 unspecified atom stereocenters. The number of hydrogen-bond acceptors (Lipinski definition) is 2. The molecule has 0 heterocycles. The van der Waals surface area contributed by atoms with E-state index in [-0.39, 0.29) is 0 Å². The molecule has 0 amide bonds. The molecule has 0 fully saturated rings. The summed E-state index contributed by atoms with van der Waals surface area (Å²) in [4.78, 5) is 0. The van der Waals surface area contributed by atoms with Gasteiger partial charge in [0.15, 0.2) is 0 Å². The van der Waals surface area contributed by atoms with E-state index in [1.54, 1.807) is 18.2 Å². The van der Waals surface area contributed by atoms with Gasteiger partial charge in [-0.05, 0) is 59.7 Å². The van der Waals surface area contributed by atoms with Gasteiger partial charge >= 0.3 is 0 Å². The Labute approximate surface area is 100 Å². The van der Waals surface area contributed by atoms with Crippen molar-refractivity contribution in [3.05, 3.63) is 65.6 Å². The van der Waals surface area contributed by atoms with E-state index in [4.69, 9.17) is 0 Å². The lowest BCUT2D eigenvalue weighted by Crippen LogP contribution is -1.95.